The number of carbonyl (C=O) groups is 1. The number of amides is 2. The van der Waals surface area contributed by atoms with Gasteiger partial charge < -0.3 is 10.2 Å². The third-order valence-electron chi connectivity index (χ3n) is 4.61. The molecule has 0 unspecified atom stereocenters. The number of anilines is 1. The molecule has 26 heavy (non-hydrogen) atoms. The Morgan fingerprint density at radius 1 is 1.23 bits per heavy atom. The molecule has 0 atom stereocenters. The molecule has 140 valence electrons. The van der Waals surface area contributed by atoms with Gasteiger partial charge in [0.1, 0.15) is 0 Å². The second-order valence-corrected chi connectivity index (χ2v) is 6.61. The van der Waals surface area contributed by atoms with Crippen LogP contribution in [0, 0.1) is 5.92 Å². The fraction of sp³-hybridized carbons (Fsp3) is 0.444. The zero-order chi connectivity index (χ0) is 18.7. The summed E-state index contributed by atoms with van der Waals surface area (Å²) in [7, 11) is 1.39. The van der Waals surface area contributed by atoms with Gasteiger partial charge >= 0.3 is 12.2 Å². The molecule has 0 bridgehead atoms. The molecular weight excluding hydrogens is 345 g/mol. The number of carbonyl (C=O) groups excluding carboxylic acids is 1. The summed E-state index contributed by atoms with van der Waals surface area (Å²) >= 11 is 0. The van der Waals surface area contributed by atoms with Crippen molar-refractivity contribution in [3.05, 3.63) is 47.8 Å². The van der Waals surface area contributed by atoms with Crippen LogP contribution < -0.4 is 5.32 Å². The number of piperidine rings is 1. The Kier molecular flexibility index (Phi) is 5.20. The summed E-state index contributed by atoms with van der Waals surface area (Å²) < 4.78 is 40.0. The minimum absolute atomic E-state index is 0.309. The maximum atomic E-state index is 13.0. The van der Waals surface area contributed by atoms with Crippen LogP contribution in [0.2, 0.25) is 0 Å². The molecule has 1 aliphatic rings. The standard InChI is InChI=1S/C18H21F3N4O/c1-24-12-15(16(23-24)18(19,20)21)22-17(26)25-9-7-14(8-10-25)11-13-5-3-2-4-6-13/h2-6,12,14H,7-11H2,1H3,(H,22,26). The van der Waals surface area contributed by atoms with E-state index in [1.165, 1.54) is 18.8 Å². The molecule has 1 aliphatic heterocycles. The first-order valence-corrected chi connectivity index (χ1v) is 8.53. The first kappa shape index (κ1) is 18.3. The van der Waals surface area contributed by atoms with Crippen molar-refractivity contribution >= 4 is 11.7 Å². The molecule has 2 amide bonds. The van der Waals surface area contributed by atoms with Crippen molar-refractivity contribution in [1.29, 1.82) is 0 Å². The molecule has 0 spiro atoms. The minimum atomic E-state index is -4.60. The first-order chi connectivity index (χ1) is 12.3. The molecular formula is C18H21F3N4O. The Balaban J connectivity index is 1.56. The van der Waals surface area contributed by atoms with E-state index in [2.05, 4.69) is 22.5 Å². The molecule has 5 nitrogen and oxygen atoms in total. The normalized spacial score (nSPS) is 15.9. The third kappa shape index (κ3) is 4.36. The topological polar surface area (TPSA) is 50.2 Å². The van der Waals surface area contributed by atoms with Gasteiger partial charge in [-0.2, -0.15) is 18.3 Å². The highest BCUT2D eigenvalue weighted by atomic mass is 19.4. The average molecular weight is 366 g/mol. The van der Waals surface area contributed by atoms with Crippen molar-refractivity contribution in [3.8, 4) is 0 Å². The van der Waals surface area contributed by atoms with Gasteiger partial charge in [-0.05, 0) is 30.7 Å². The van der Waals surface area contributed by atoms with E-state index in [0.717, 1.165) is 23.9 Å². The Morgan fingerprint density at radius 2 is 1.88 bits per heavy atom. The molecule has 0 radical (unpaired) electrons. The second kappa shape index (κ2) is 7.39. The number of nitrogens with zero attached hydrogens (tertiary/aromatic N) is 3. The maximum absolute atomic E-state index is 13.0. The largest absolute Gasteiger partial charge is 0.437 e. The summed E-state index contributed by atoms with van der Waals surface area (Å²) in [4.78, 5) is 13.9. The van der Waals surface area contributed by atoms with Crippen LogP contribution in [0.25, 0.3) is 0 Å². The average Bonchev–Trinajstić information content (AvgIpc) is 2.97. The molecule has 1 fully saturated rings. The van der Waals surface area contributed by atoms with E-state index < -0.39 is 17.9 Å². The second-order valence-electron chi connectivity index (χ2n) is 6.61. The summed E-state index contributed by atoms with van der Waals surface area (Å²) in [6, 6.07) is 9.64. The number of halogens is 3. The number of nitrogens with one attached hydrogen (secondary N) is 1. The van der Waals surface area contributed by atoms with Crippen LogP contribution >= 0.6 is 0 Å². The molecule has 1 N–H and O–H groups in total. The van der Waals surface area contributed by atoms with E-state index in [1.807, 2.05) is 18.2 Å². The minimum Gasteiger partial charge on any atom is -0.325 e. The lowest BCUT2D eigenvalue weighted by molar-refractivity contribution is -0.140. The lowest BCUT2D eigenvalue weighted by Crippen LogP contribution is -2.41. The molecule has 3 rings (SSSR count). The van der Waals surface area contributed by atoms with Crippen LogP contribution in [0.1, 0.15) is 24.1 Å². The Morgan fingerprint density at radius 3 is 2.50 bits per heavy atom. The summed E-state index contributed by atoms with van der Waals surface area (Å²) in [5.41, 5.74) is -0.121. The van der Waals surface area contributed by atoms with E-state index in [1.54, 1.807) is 4.90 Å². The molecule has 0 aliphatic carbocycles. The van der Waals surface area contributed by atoms with Crippen molar-refractivity contribution in [2.75, 3.05) is 18.4 Å². The Bertz CT molecular complexity index is 750. The van der Waals surface area contributed by atoms with Crippen LogP contribution in [0.3, 0.4) is 0 Å². The van der Waals surface area contributed by atoms with Gasteiger partial charge in [-0.15, -0.1) is 0 Å². The van der Waals surface area contributed by atoms with Gasteiger partial charge in [0.15, 0.2) is 5.69 Å². The van der Waals surface area contributed by atoms with Crippen LogP contribution in [0.5, 0.6) is 0 Å². The van der Waals surface area contributed by atoms with Crippen LogP contribution in [-0.4, -0.2) is 33.8 Å². The summed E-state index contributed by atoms with van der Waals surface area (Å²) in [6.45, 7) is 1.07. The van der Waals surface area contributed by atoms with E-state index in [0.29, 0.717) is 19.0 Å². The van der Waals surface area contributed by atoms with Crippen molar-refractivity contribution in [2.24, 2.45) is 13.0 Å². The highest BCUT2D eigenvalue weighted by molar-refractivity contribution is 5.90. The SMILES string of the molecule is Cn1cc(NC(=O)N2CCC(Cc3ccccc3)CC2)c(C(F)(F)F)n1. The number of rotatable bonds is 3. The van der Waals surface area contributed by atoms with Gasteiger partial charge in [0.25, 0.3) is 0 Å². The number of aromatic nitrogens is 2. The molecule has 1 aromatic heterocycles. The molecule has 1 aromatic carbocycles. The van der Waals surface area contributed by atoms with Gasteiger partial charge in [0, 0.05) is 26.3 Å². The van der Waals surface area contributed by atoms with Crippen molar-refractivity contribution in [3.63, 3.8) is 0 Å². The Hall–Kier alpha value is -2.51. The molecule has 8 heteroatoms. The Labute approximate surface area is 149 Å². The summed E-state index contributed by atoms with van der Waals surface area (Å²) in [5, 5.41) is 5.75. The third-order valence-corrected chi connectivity index (χ3v) is 4.61. The summed E-state index contributed by atoms with van der Waals surface area (Å²) in [5.74, 6) is 0.477. The zero-order valence-electron chi connectivity index (χ0n) is 14.5. The lowest BCUT2D eigenvalue weighted by Gasteiger charge is -2.32. The number of hydrogen-bond acceptors (Lipinski definition) is 2. The van der Waals surface area contributed by atoms with E-state index in [-0.39, 0.29) is 5.69 Å². The van der Waals surface area contributed by atoms with E-state index in [9.17, 15) is 18.0 Å². The van der Waals surface area contributed by atoms with E-state index >= 15 is 0 Å². The molecule has 2 heterocycles. The smallest absolute Gasteiger partial charge is 0.325 e. The zero-order valence-corrected chi connectivity index (χ0v) is 14.5. The van der Waals surface area contributed by atoms with Gasteiger partial charge in [0.05, 0.1) is 5.69 Å². The fourth-order valence-electron chi connectivity index (χ4n) is 3.27. The lowest BCUT2D eigenvalue weighted by atomic mass is 9.90. The first-order valence-electron chi connectivity index (χ1n) is 8.53. The number of benzene rings is 1. The van der Waals surface area contributed by atoms with Crippen LogP contribution in [0.4, 0.5) is 23.7 Å². The van der Waals surface area contributed by atoms with Crippen molar-refractivity contribution in [1.82, 2.24) is 14.7 Å². The highest BCUT2D eigenvalue weighted by Gasteiger charge is 2.38. The number of hydrogen-bond donors (Lipinski definition) is 1. The van der Waals surface area contributed by atoms with E-state index in [4.69, 9.17) is 0 Å². The fourth-order valence-corrected chi connectivity index (χ4v) is 3.27. The predicted molar refractivity (Wildman–Crippen MR) is 91.7 cm³/mol. The van der Waals surface area contributed by atoms with Crippen molar-refractivity contribution in [2.45, 2.75) is 25.4 Å². The highest BCUT2D eigenvalue weighted by Crippen LogP contribution is 2.33. The van der Waals surface area contributed by atoms with Gasteiger partial charge in [-0.1, -0.05) is 30.3 Å². The molecule has 1 saturated heterocycles. The van der Waals surface area contributed by atoms with Crippen LogP contribution in [-0.2, 0) is 19.6 Å². The summed E-state index contributed by atoms with van der Waals surface area (Å²) in [6.07, 6.45) is -0.810. The molecule has 0 saturated carbocycles. The maximum Gasteiger partial charge on any atom is 0.437 e. The number of urea groups is 1. The number of aryl methyl sites for hydroxylation is 1. The number of alkyl halides is 3. The van der Waals surface area contributed by atoms with Gasteiger partial charge in [-0.25, -0.2) is 4.79 Å². The predicted octanol–water partition coefficient (Wildman–Crippen LogP) is 3.93. The van der Waals surface area contributed by atoms with Gasteiger partial charge in [-0.3, -0.25) is 4.68 Å². The van der Waals surface area contributed by atoms with Gasteiger partial charge in [0.2, 0.25) is 0 Å². The van der Waals surface area contributed by atoms with Crippen molar-refractivity contribution < 1.29 is 18.0 Å². The molecule has 2 aromatic rings. The monoisotopic (exact) mass is 366 g/mol. The number of likely N-dealkylation sites (tertiary alicyclic amines) is 1. The van der Waals surface area contributed by atoms with Crippen LogP contribution in [0.15, 0.2) is 36.5 Å². The quantitative estimate of drug-likeness (QED) is 0.895.